The van der Waals surface area contributed by atoms with E-state index in [9.17, 15) is 13.2 Å². The second kappa shape index (κ2) is 4.57. The lowest BCUT2D eigenvalue weighted by atomic mass is 10.1. The van der Waals surface area contributed by atoms with Crippen molar-refractivity contribution in [2.24, 2.45) is 0 Å². The maximum Gasteiger partial charge on any atom is 0.416 e. The zero-order valence-corrected chi connectivity index (χ0v) is 9.16. The molecule has 0 spiro atoms. The van der Waals surface area contributed by atoms with Gasteiger partial charge < -0.3 is 4.74 Å². The Labute approximate surface area is 102 Å². The fraction of sp³-hybridized carbons (Fsp3) is 0.154. The highest BCUT2D eigenvalue weighted by atomic mass is 19.4. The molecule has 0 saturated carbocycles. The molecule has 0 aliphatic heterocycles. The van der Waals surface area contributed by atoms with Crippen LogP contribution in [0.1, 0.15) is 17.5 Å². The molecule has 0 unspecified atom stereocenters. The van der Waals surface area contributed by atoms with E-state index in [2.05, 4.69) is 0 Å². The molecule has 0 saturated heterocycles. The van der Waals surface area contributed by atoms with Crippen LogP contribution in [0.4, 0.5) is 13.2 Å². The summed E-state index contributed by atoms with van der Waals surface area (Å²) in [5.41, 5.74) is -0.751. The molecule has 2 nitrogen and oxygen atoms in total. The second-order valence-electron chi connectivity index (χ2n) is 3.69. The molecule has 0 atom stereocenters. The monoisotopic (exact) mass is 251 g/mol. The largest absolute Gasteiger partial charge is 0.460 e. The molecule has 0 amide bonds. The molecule has 0 N–H and O–H groups in total. The first-order chi connectivity index (χ1) is 8.50. The molecule has 0 heterocycles. The lowest BCUT2D eigenvalue weighted by Gasteiger charge is -2.11. The van der Waals surface area contributed by atoms with Gasteiger partial charge in [-0.3, -0.25) is 0 Å². The standard InChI is InChI=1S/C13H8F3NO/c14-13(15,16)10-6-5-9(8-17)12(7-10)18-11-3-1-2-4-11/h1-3,5-7H,4H2. The highest BCUT2D eigenvalue weighted by molar-refractivity contribution is 5.47. The van der Waals surface area contributed by atoms with Gasteiger partial charge in [0, 0.05) is 6.42 Å². The molecule has 1 aromatic carbocycles. The van der Waals surface area contributed by atoms with Gasteiger partial charge in [-0.1, -0.05) is 12.2 Å². The molecule has 1 aliphatic carbocycles. The Morgan fingerprint density at radius 1 is 1.28 bits per heavy atom. The average Bonchev–Trinajstić information content (AvgIpc) is 2.80. The molecular formula is C13H8F3NO. The smallest absolute Gasteiger partial charge is 0.416 e. The van der Waals surface area contributed by atoms with E-state index in [4.69, 9.17) is 10.00 Å². The fourth-order valence-corrected chi connectivity index (χ4v) is 1.52. The van der Waals surface area contributed by atoms with E-state index in [1.54, 1.807) is 12.2 Å². The predicted octanol–water partition coefficient (Wildman–Crippen LogP) is 3.80. The molecule has 0 bridgehead atoms. The molecule has 92 valence electrons. The normalized spacial score (nSPS) is 14.2. The zero-order valence-electron chi connectivity index (χ0n) is 9.16. The van der Waals surface area contributed by atoms with Crippen LogP contribution in [0, 0.1) is 11.3 Å². The molecule has 0 radical (unpaired) electrons. The van der Waals surface area contributed by atoms with Gasteiger partial charge in [-0.2, -0.15) is 18.4 Å². The van der Waals surface area contributed by atoms with Gasteiger partial charge in [0.15, 0.2) is 0 Å². The van der Waals surface area contributed by atoms with Crippen molar-refractivity contribution >= 4 is 0 Å². The number of allylic oxidation sites excluding steroid dienone is 3. The minimum absolute atomic E-state index is 0.0673. The lowest BCUT2D eigenvalue weighted by molar-refractivity contribution is -0.137. The maximum absolute atomic E-state index is 12.6. The molecule has 2 rings (SSSR count). The Balaban J connectivity index is 2.34. The Hall–Kier alpha value is -2.22. The van der Waals surface area contributed by atoms with Crippen LogP contribution >= 0.6 is 0 Å². The highest BCUT2D eigenvalue weighted by Crippen LogP contribution is 2.34. The van der Waals surface area contributed by atoms with Crippen molar-refractivity contribution in [1.29, 1.82) is 5.26 Å². The van der Waals surface area contributed by atoms with E-state index in [0.717, 1.165) is 18.2 Å². The Bertz CT molecular complexity index is 565. The molecule has 0 fully saturated rings. The minimum atomic E-state index is -4.45. The third kappa shape index (κ3) is 2.54. The van der Waals surface area contributed by atoms with Crippen molar-refractivity contribution in [3.8, 4) is 11.8 Å². The average molecular weight is 251 g/mol. The number of nitrogens with zero attached hydrogens (tertiary/aromatic N) is 1. The minimum Gasteiger partial charge on any atom is -0.460 e. The van der Waals surface area contributed by atoms with Crippen LogP contribution in [0.2, 0.25) is 0 Å². The third-order valence-corrected chi connectivity index (χ3v) is 2.41. The van der Waals surface area contributed by atoms with Gasteiger partial charge in [-0.05, 0) is 24.3 Å². The van der Waals surface area contributed by atoms with Crippen LogP contribution in [0.15, 0.2) is 42.2 Å². The van der Waals surface area contributed by atoms with E-state index in [1.165, 1.54) is 0 Å². The van der Waals surface area contributed by atoms with Crippen LogP contribution in [-0.4, -0.2) is 0 Å². The van der Waals surface area contributed by atoms with Gasteiger partial charge in [0.2, 0.25) is 0 Å². The number of benzene rings is 1. The van der Waals surface area contributed by atoms with Crippen molar-refractivity contribution in [3.63, 3.8) is 0 Å². The third-order valence-electron chi connectivity index (χ3n) is 2.41. The van der Waals surface area contributed by atoms with Crippen molar-refractivity contribution < 1.29 is 17.9 Å². The molecule has 0 aromatic heterocycles. The van der Waals surface area contributed by atoms with E-state index in [1.807, 2.05) is 12.1 Å². The summed E-state index contributed by atoms with van der Waals surface area (Å²) in [4.78, 5) is 0. The van der Waals surface area contributed by atoms with E-state index in [0.29, 0.717) is 12.2 Å². The summed E-state index contributed by atoms with van der Waals surface area (Å²) in [6.07, 6.45) is 1.28. The van der Waals surface area contributed by atoms with Gasteiger partial charge in [0.25, 0.3) is 0 Å². The first kappa shape index (κ1) is 12.2. The summed E-state index contributed by atoms with van der Waals surface area (Å²) in [5.74, 6) is 0.452. The van der Waals surface area contributed by atoms with E-state index in [-0.39, 0.29) is 11.3 Å². The van der Waals surface area contributed by atoms with Gasteiger partial charge >= 0.3 is 6.18 Å². The Morgan fingerprint density at radius 3 is 2.61 bits per heavy atom. The van der Waals surface area contributed by atoms with Crippen LogP contribution in [0.5, 0.6) is 5.75 Å². The summed E-state index contributed by atoms with van der Waals surface area (Å²) in [5, 5.41) is 8.84. The number of ether oxygens (including phenoxy) is 1. The lowest BCUT2D eigenvalue weighted by Crippen LogP contribution is -2.06. The van der Waals surface area contributed by atoms with Gasteiger partial charge in [-0.15, -0.1) is 0 Å². The van der Waals surface area contributed by atoms with Crippen molar-refractivity contribution in [2.45, 2.75) is 12.6 Å². The Morgan fingerprint density at radius 2 is 2.06 bits per heavy atom. The molecule has 1 aliphatic rings. The summed E-state index contributed by atoms with van der Waals surface area (Å²) >= 11 is 0. The van der Waals surface area contributed by atoms with Gasteiger partial charge in [0.1, 0.15) is 17.6 Å². The topological polar surface area (TPSA) is 33.0 Å². The highest BCUT2D eigenvalue weighted by Gasteiger charge is 2.31. The summed E-state index contributed by atoms with van der Waals surface area (Å²) in [6, 6.07) is 4.63. The van der Waals surface area contributed by atoms with Crippen molar-refractivity contribution in [1.82, 2.24) is 0 Å². The van der Waals surface area contributed by atoms with Crippen LogP contribution < -0.4 is 4.74 Å². The van der Waals surface area contributed by atoms with Crippen molar-refractivity contribution in [2.75, 3.05) is 0 Å². The number of alkyl halides is 3. The van der Waals surface area contributed by atoms with Crippen LogP contribution in [0.25, 0.3) is 0 Å². The maximum atomic E-state index is 12.6. The molecule has 1 aromatic rings. The number of hydrogen-bond donors (Lipinski definition) is 0. The SMILES string of the molecule is N#Cc1ccc(C(F)(F)F)cc1OC1=CC=CC1. The number of nitriles is 1. The number of rotatable bonds is 2. The van der Waals surface area contributed by atoms with Crippen molar-refractivity contribution in [3.05, 3.63) is 53.3 Å². The Kier molecular flexibility index (Phi) is 3.11. The zero-order chi connectivity index (χ0) is 13.2. The first-order valence-corrected chi connectivity index (χ1v) is 5.15. The molecule has 5 heteroatoms. The summed E-state index contributed by atoms with van der Waals surface area (Å²) in [7, 11) is 0. The van der Waals surface area contributed by atoms with Crippen LogP contribution in [-0.2, 0) is 6.18 Å². The predicted molar refractivity (Wildman–Crippen MR) is 58.6 cm³/mol. The first-order valence-electron chi connectivity index (χ1n) is 5.15. The number of halogens is 3. The van der Waals surface area contributed by atoms with Gasteiger partial charge in [0.05, 0.1) is 11.1 Å². The molecular weight excluding hydrogens is 243 g/mol. The fourth-order valence-electron chi connectivity index (χ4n) is 1.52. The van der Waals surface area contributed by atoms with Gasteiger partial charge in [-0.25, -0.2) is 0 Å². The molecule has 18 heavy (non-hydrogen) atoms. The van der Waals surface area contributed by atoms with E-state index >= 15 is 0 Å². The van der Waals surface area contributed by atoms with E-state index < -0.39 is 11.7 Å². The summed E-state index contributed by atoms with van der Waals surface area (Å²) < 4.78 is 43.0. The van der Waals surface area contributed by atoms with Crippen LogP contribution in [0.3, 0.4) is 0 Å². The summed E-state index contributed by atoms with van der Waals surface area (Å²) in [6.45, 7) is 0. The number of hydrogen-bond acceptors (Lipinski definition) is 2. The second-order valence-corrected chi connectivity index (χ2v) is 3.69. The quantitative estimate of drug-likeness (QED) is 0.800.